The molecule has 1 heterocycles. The maximum absolute atomic E-state index is 12.3. The molecule has 3 aromatic rings. The number of ether oxygens (including phenoxy) is 1. The largest absolute Gasteiger partial charge is 0.462 e. The second-order valence-corrected chi connectivity index (χ2v) is 6.90. The van der Waals surface area contributed by atoms with E-state index in [1.807, 2.05) is 18.2 Å². The summed E-state index contributed by atoms with van der Waals surface area (Å²) in [6.07, 6.45) is 0. The van der Waals surface area contributed by atoms with Gasteiger partial charge in [-0.1, -0.05) is 47.6 Å². The van der Waals surface area contributed by atoms with Crippen LogP contribution in [0.2, 0.25) is 5.02 Å². The minimum atomic E-state index is -0.482. The first-order valence-electron chi connectivity index (χ1n) is 8.44. The summed E-state index contributed by atoms with van der Waals surface area (Å²) in [6.45, 7) is 1.99. The Bertz CT molecular complexity index is 993. The average Bonchev–Trinajstić information content (AvgIpc) is 3.16. The van der Waals surface area contributed by atoms with E-state index < -0.39 is 5.97 Å². The number of halogens is 1. The number of rotatable bonds is 7. The zero-order chi connectivity index (χ0) is 19.9. The lowest BCUT2D eigenvalue weighted by Gasteiger charge is -2.09. The van der Waals surface area contributed by atoms with Gasteiger partial charge in [0.2, 0.25) is 11.1 Å². The Morgan fingerprint density at radius 1 is 1.18 bits per heavy atom. The standard InChI is InChI=1S/C19H17ClN4O3S/c1-2-27-18(26)13-8-4-6-10-15(13)21-16(25)11-28-19-22-17(23-24-19)12-7-3-5-9-14(12)20/h3-10H,2,11H2,1H3,(H,21,25)(H,22,23,24). The fourth-order valence-corrected chi connectivity index (χ4v) is 3.20. The molecule has 0 unspecified atom stereocenters. The van der Waals surface area contributed by atoms with Crippen molar-refractivity contribution in [3.63, 3.8) is 0 Å². The molecule has 0 radical (unpaired) electrons. The number of carbonyl (C=O) groups is 2. The third-order valence-electron chi connectivity index (χ3n) is 3.62. The first-order valence-corrected chi connectivity index (χ1v) is 9.81. The predicted molar refractivity (Wildman–Crippen MR) is 109 cm³/mol. The van der Waals surface area contributed by atoms with E-state index >= 15 is 0 Å². The molecule has 7 nitrogen and oxygen atoms in total. The molecule has 0 aliphatic carbocycles. The van der Waals surface area contributed by atoms with Gasteiger partial charge >= 0.3 is 5.97 Å². The van der Waals surface area contributed by atoms with Gasteiger partial charge < -0.3 is 10.1 Å². The van der Waals surface area contributed by atoms with Crippen LogP contribution in [0, 0.1) is 0 Å². The Kier molecular flexibility index (Phi) is 6.67. The molecule has 0 saturated carbocycles. The van der Waals surface area contributed by atoms with Crippen LogP contribution in [0.4, 0.5) is 5.69 Å². The Morgan fingerprint density at radius 2 is 1.93 bits per heavy atom. The highest BCUT2D eigenvalue weighted by Crippen LogP contribution is 2.26. The van der Waals surface area contributed by atoms with E-state index in [1.165, 1.54) is 11.8 Å². The van der Waals surface area contributed by atoms with Crippen molar-refractivity contribution < 1.29 is 14.3 Å². The number of para-hydroxylation sites is 1. The van der Waals surface area contributed by atoms with Gasteiger partial charge in [-0.3, -0.25) is 9.89 Å². The number of hydrogen-bond donors (Lipinski definition) is 2. The van der Waals surface area contributed by atoms with Gasteiger partial charge in [-0.15, -0.1) is 5.10 Å². The van der Waals surface area contributed by atoms with Crippen LogP contribution in [0.1, 0.15) is 17.3 Å². The third-order valence-corrected chi connectivity index (χ3v) is 4.80. The number of carbonyl (C=O) groups excluding carboxylic acids is 2. The minimum absolute atomic E-state index is 0.0803. The van der Waals surface area contributed by atoms with Crippen molar-refractivity contribution in [3.05, 3.63) is 59.1 Å². The lowest BCUT2D eigenvalue weighted by atomic mass is 10.2. The van der Waals surface area contributed by atoms with Gasteiger partial charge in [0.05, 0.1) is 28.6 Å². The summed E-state index contributed by atoms with van der Waals surface area (Å²) in [5.41, 5.74) is 1.44. The number of aromatic nitrogens is 3. The highest BCUT2D eigenvalue weighted by Gasteiger charge is 2.15. The summed E-state index contributed by atoms with van der Waals surface area (Å²) < 4.78 is 5.00. The molecule has 0 fully saturated rings. The van der Waals surface area contributed by atoms with Crippen molar-refractivity contribution in [2.45, 2.75) is 12.1 Å². The summed E-state index contributed by atoms with van der Waals surface area (Å²) in [6, 6.07) is 14.0. The van der Waals surface area contributed by atoms with Gasteiger partial charge in [-0.05, 0) is 31.2 Å². The monoisotopic (exact) mass is 416 g/mol. The molecule has 28 heavy (non-hydrogen) atoms. The molecule has 0 saturated heterocycles. The number of aromatic amines is 1. The Balaban J connectivity index is 1.62. The number of esters is 1. The van der Waals surface area contributed by atoms with Crippen LogP contribution in [0.25, 0.3) is 11.4 Å². The zero-order valence-corrected chi connectivity index (χ0v) is 16.5. The van der Waals surface area contributed by atoms with Crippen molar-refractivity contribution >= 4 is 40.9 Å². The van der Waals surface area contributed by atoms with E-state index in [9.17, 15) is 9.59 Å². The van der Waals surface area contributed by atoms with Crippen LogP contribution >= 0.6 is 23.4 Å². The topological polar surface area (TPSA) is 97.0 Å². The minimum Gasteiger partial charge on any atom is -0.462 e. The quantitative estimate of drug-likeness (QED) is 0.445. The number of hydrogen-bond acceptors (Lipinski definition) is 6. The van der Waals surface area contributed by atoms with Crippen LogP contribution in [0.5, 0.6) is 0 Å². The zero-order valence-electron chi connectivity index (χ0n) is 14.9. The number of amides is 1. The van der Waals surface area contributed by atoms with E-state index in [4.69, 9.17) is 16.3 Å². The first kappa shape index (κ1) is 19.9. The Morgan fingerprint density at radius 3 is 2.71 bits per heavy atom. The normalized spacial score (nSPS) is 10.5. The summed E-state index contributed by atoms with van der Waals surface area (Å²) in [4.78, 5) is 28.6. The van der Waals surface area contributed by atoms with Crippen molar-refractivity contribution in [3.8, 4) is 11.4 Å². The SMILES string of the molecule is CCOC(=O)c1ccccc1NC(=O)CSc1n[nH]c(-c2ccccc2Cl)n1. The van der Waals surface area contributed by atoms with Crippen LogP contribution < -0.4 is 5.32 Å². The molecule has 0 aliphatic heterocycles. The fraction of sp³-hybridized carbons (Fsp3) is 0.158. The smallest absolute Gasteiger partial charge is 0.340 e. The average molecular weight is 417 g/mol. The van der Waals surface area contributed by atoms with Crippen LogP contribution in [-0.2, 0) is 9.53 Å². The van der Waals surface area contributed by atoms with Crippen LogP contribution in [-0.4, -0.2) is 39.4 Å². The molecule has 1 amide bonds. The molecule has 0 atom stereocenters. The third kappa shape index (κ3) is 4.90. The van der Waals surface area contributed by atoms with Gasteiger partial charge in [-0.2, -0.15) is 0 Å². The Hall–Kier alpha value is -2.84. The van der Waals surface area contributed by atoms with E-state index in [2.05, 4.69) is 20.5 Å². The molecule has 9 heteroatoms. The molecular weight excluding hydrogens is 400 g/mol. The van der Waals surface area contributed by atoms with Crippen molar-refractivity contribution in [1.82, 2.24) is 15.2 Å². The summed E-state index contributed by atoms with van der Waals surface area (Å²) in [5, 5.41) is 10.6. The predicted octanol–water partition coefficient (Wildman–Crippen LogP) is 4.03. The molecule has 0 aliphatic rings. The van der Waals surface area contributed by atoms with E-state index in [-0.39, 0.29) is 18.3 Å². The highest BCUT2D eigenvalue weighted by molar-refractivity contribution is 7.99. The van der Waals surface area contributed by atoms with Gasteiger partial charge in [0.1, 0.15) is 0 Å². The maximum atomic E-state index is 12.3. The second-order valence-electron chi connectivity index (χ2n) is 5.55. The second kappa shape index (κ2) is 9.38. The van der Waals surface area contributed by atoms with Gasteiger partial charge in [-0.25, -0.2) is 9.78 Å². The van der Waals surface area contributed by atoms with E-state index in [1.54, 1.807) is 37.3 Å². The number of thioether (sulfide) groups is 1. The van der Waals surface area contributed by atoms with Crippen molar-refractivity contribution in [2.24, 2.45) is 0 Å². The lowest BCUT2D eigenvalue weighted by molar-refractivity contribution is -0.113. The van der Waals surface area contributed by atoms with Gasteiger partial charge in [0, 0.05) is 5.56 Å². The number of H-pyrrole nitrogens is 1. The number of nitrogens with one attached hydrogen (secondary N) is 2. The maximum Gasteiger partial charge on any atom is 0.340 e. The van der Waals surface area contributed by atoms with E-state index in [0.29, 0.717) is 27.3 Å². The summed E-state index contributed by atoms with van der Waals surface area (Å²) >= 11 is 7.32. The van der Waals surface area contributed by atoms with Crippen molar-refractivity contribution in [1.29, 1.82) is 0 Å². The van der Waals surface area contributed by atoms with Crippen LogP contribution in [0.15, 0.2) is 53.7 Å². The molecule has 3 rings (SSSR count). The Labute approximate surface area is 170 Å². The molecule has 2 N–H and O–H groups in total. The number of anilines is 1. The first-order chi connectivity index (χ1) is 13.6. The lowest BCUT2D eigenvalue weighted by Crippen LogP contribution is -2.17. The molecule has 1 aromatic heterocycles. The molecule has 0 bridgehead atoms. The van der Waals surface area contributed by atoms with E-state index in [0.717, 1.165) is 5.56 Å². The number of benzene rings is 2. The molecule has 2 aromatic carbocycles. The molecule has 144 valence electrons. The van der Waals surface area contributed by atoms with Crippen LogP contribution in [0.3, 0.4) is 0 Å². The number of nitrogens with zero attached hydrogens (tertiary/aromatic N) is 2. The molecular formula is C19H17ClN4O3S. The highest BCUT2D eigenvalue weighted by atomic mass is 35.5. The van der Waals surface area contributed by atoms with Gasteiger partial charge in [0.15, 0.2) is 5.82 Å². The summed E-state index contributed by atoms with van der Waals surface area (Å²) in [5.74, 6) is -0.159. The van der Waals surface area contributed by atoms with Gasteiger partial charge in [0.25, 0.3) is 0 Å². The fourth-order valence-electron chi connectivity index (χ4n) is 2.38. The van der Waals surface area contributed by atoms with Crippen molar-refractivity contribution in [2.75, 3.05) is 17.7 Å². The summed E-state index contributed by atoms with van der Waals surface area (Å²) in [7, 11) is 0. The molecule has 0 spiro atoms.